The van der Waals surface area contributed by atoms with Crippen LogP contribution in [-0.4, -0.2) is 69.1 Å². The molecule has 4 fully saturated rings. The van der Waals surface area contributed by atoms with Crippen LogP contribution in [0.1, 0.15) is 86.0 Å². The Morgan fingerprint density at radius 2 is 1.84 bits per heavy atom. The van der Waals surface area contributed by atoms with E-state index in [0.717, 1.165) is 31.3 Å². The molecule has 0 aromatic rings. The quantitative estimate of drug-likeness (QED) is 0.449. The van der Waals surface area contributed by atoms with Crippen LogP contribution in [0.4, 0.5) is 0 Å². The molecular formula is C30H48O7. The van der Waals surface area contributed by atoms with Crippen molar-refractivity contribution in [2.75, 3.05) is 7.11 Å². The van der Waals surface area contributed by atoms with E-state index < -0.39 is 40.3 Å². The van der Waals surface area contributed by atoms with Crippen LogP contribution in [0, 0.1) is 40.4 Å². The summed E-state index contributed by atoms with van der Waals surface area (Å²) in [5.41, 5.74) is -2.72. The fourth-order valence-electron chi connectivity index (χ4n) is 9.77. The zero-order chi connectivity index (χ0) is 27.1. The highest BCUT2D eigenvalue weighted by molar-refractivity contribution is 5.95. The summed E-state index contributed by atoms with van der Waals surface area (Å²) >= 11 is 0. The molecule has 5 rings (SSSR count). The van der Waals surface area contributed by atoms with Crippen molar-refractivity contribution in [1.29, 1.82) is 0 Å². The summed E-state index contributed by atoms with van der Waals surface area (Å²) < 4.78 is 12.0. The Hall–Kier alpha value is -0.830. The summed E-state index contributed by atoms with van der Waals surface area (Å²) in [6, 6.07) is 0. The van der Waals surface area contributed by atoms with Crippen molar-refractivity contribution in [1.82, 2.24) is 0 Å². The van der Waals surface area contributed by atoms with Gasteiger partial charge in [-0.2, -0.15) is 0 Å². The van der Waals surface area contributed by atoms with Crippen molar-refractivity contribution in [2.45, 2.75) is 122 Å². The highest BCUT2D eigenvalue weighted by Crippen LogP contribution is 2.69. The third-order valence-corrected chi connectivity index (χ3v) is 12.2. The second kappa shape index (κ2) is 9.10. The maximum atomic E-state index is 13.4. The number of hydrogen-bond donors (Lipinski definition) is 4. The average molecular weight is 521 g/mol. The van der Waals surface area contributed by atoms with Crippen molar-refractivity contribution in [3.05, 3.63) is 11.6 Å². The third kappa shape index (κ3) is 3.78. The van der Waals surface area contributed by atoms with E-state index in [0.29, 0.717) is 25.2 Å². The standard InChI is InChI=1S/C30H48O7/c1-7-17-12-25(37-26(36-6)16(17)2)29(5,34)24-9-11-30(35)19-13-21(31)20-14-22(32)23(33)15-27(20,3)18(19)8-10-28(24,30)4/h13,16-18,20,22-26,32-35H,7-12,14-15H2,1-6H3/t16-,17+,18+,20-,22-,23+,24+,25-,26+,27-,28-,29-,30-/m1/s1. The number of aliphatic hydroxyl groups excluding tert-OH is 2. The zero-order valence-electron chi connectivity index (χ0n) is 23.4. The number of ketones is 1. The van der Waals surface area contributed by atoms with Crippen LogP contribution < -0.4 is 0 Å². The number of ether oxygens (including phenoxy) is 2. The number of allylic oxidation sites excluding steroid dienone is 1. The van der Waals surface area contributed by atoms with Crippen LogP contribution in [0.25, 0.3) is 0 Å². The van der Waals surface area contributed by atoms with Crippen molar-refractivity contribution in [3.8, 4) is 0 Å². The Bertz CT molecular complexity index is 932. The van der Waals surface area contributed by atoms with Gasteiger partial charge in [-0.05, 0) is 86.7 Å². The van der Waals surface area contributed by atoms with E-state index in [1.807, 2.05) is 6.92 Å². The minimum Gasteiger partial charge on any atom is -0.390 e. The number of methoxy groups -OCH3 is 1. The van der Waals surface area contributed by atoms with Gasteiger partial charge in [-0.15, -0.1) is 0 Å². The molecule has 4 N–H and O–H groups in total. The van der Waals surface area contributed by atoms with E-state index in [-0.39, 0.29) is 42.2 Å². The van der Waals surface area contributed by atoms with Crippen molar-refractivity contribution >= 4 is 5.78 Å². The van der Waals surface area contributed by atoms with Crippen LogP contribution >= 0.6 is 0 Å². The lowest BCUT2D eigenvalue weighted by Gasteiger charge is -2.61. The molecule has 210 valence electrons. The van der Waals surface area contributed by atoms with Crippen molar-refractivity contribution in [3.63, 3.8) is 0 Å². The third-order valence-electron chi connectivity index (χ3n) is 12.2. The Morgan fingerprint density at radius 1 is 1.14 bits per heavy atom. The molecule has 7 heteroatoms. The monoisotopic (exact) mass is 520 g/mol. The first-order chi connectivity index (χ1) is 17.2. The molecule has 1 aliphatic heterocycles. The van der Waals surface area contributed by atoms with Gasteiger partial charge in [-0.1, -0.05) is 34.1 Å². The smallest absolute Gasteiger partial charge is 0.160 e. The summed E-state index contributed by atoms with van der Waals surface area (Å²) in [7, 11) is 1.66. The highest BCUT2D eigenvalue weighted by Gasteiger charge is 2.69. The van der Waals surface area contributed by atoms with E-state index >= 15 is 0 Å². The van der Waals surface area contributed by atoms with Crippen LogP contribution in [0.5, 0.6) is 0 Å². The minimum atomic E-state index is -1.21. The number of aliphatic hydroxyl groups is 4. The molecule has 4 aliphatic carbocycles. The lowest BCUT2D eigenvalue weighted by Crippen LogP contribution is -2.63. The molecular weight excluding hydrogens is 472 g/mol. The van der Waals surface area contributed by atoms with Crippen LogP contribution in [0.15, 0.2) is 11.6 Å². The van der Waals surface area contributed by atoms with Gasteiger partial charge in [0.25, 0.3) is 0 Å². The van der Waals surface area contributed by atoms with E-state index in [1.165, 1.54) is 0 Å². The molecule has 0 amide bonds. The summed E-state index contributed by atoms with van der Waals surface area (Å²) in [5.74, 6) is -0.0194. The van der Waals surface area contributed by atoms with Gasteiger partial charge in [-0.3, -0.25) is 4.79 Å². The van der Waals surface area contributed by atoms with Gasteiger partial charge in [-0.25, -0.2) is 0 Å². The molecule has 0 bridgehead atoms. The van der Waals surface area contributed by atoms with Crippen LogP contribution in [-0.2, 0) is 14.3 Å². The molecule has 1 saturated heterocycles. The topological polar surface area (TPSA) is 116 Å². The van der Waals surface area contributed by atoms with Crippen molar-refractivity contribution < 1.29 is 34.7 Å². The molecule has 0 aromatic heterocycles. The predicted molar refractivity (Wildman–Crippen MR) is 138 cm³/mol. The number of hydrogen-bond acceptors (Lipinski definition) is 7. The number of rotatable bonds is 4. The maximum absolute atomic E-state index is 13.4. The summed E-state index contributed by atoms with van der Waals surface area (Å²) in [4.78, 5) is 13.4. The highest BCUT2D eigenvalue weighted by atomic mass is 16.7. The number of carbonyl (C=O) groups excluding carboxylic acids is 1. The van der Waals surface area contributed by atoms with Gasteiger partial charge >= 0.3 is 0 Å². The summed E-state index contributed by atoms with van der Waals surface area (Å²) in [6.07, 6.45) is 4.12. The molecule has 0 spiro atoms. The predicted octanol–water partition coefficient (Wildman–Crippen LogP) is 3.37. The van der Waals surface area contributed by atoms with Gasteiger partial charge in [0.1, 0.15) is 0 Å². The number of fused-ring (bicyclic) bond motifs is 5. The van der Waals surface area contributed by atoms with Crippen LogP contribution in [0.2, 0.25) is 0 Å². The van der Waals surface area contributed by atoms with E-state index in [9.17, 15) is 25.2 Å². The molecule has 0 unspecified atom stereocenters. The van der Waals surface area contributed by atoms with Crippen LogP contribution in [0.3, 0.4) is 0 Å². The van der Waals surface area contributed by atoms with Crippen molar-refractivity contribution in [2.24, 2.45) is 40.4 Å². The van der Waals surface area contributed by atoms with E-state index in [1.54, 1.807) is 13.2 Å². The first-order valence-corrected chi connectivity index (χ1v) is 14.5. The summed E-state index contributed by atoms with van der Waals surface area (Å²) in [5, 5.41) is 45.5. The fraction of sp³-hybridized carbons (Fsp3) is 0.900. The minimum absolute atomic E-state index is 0.0340. The molecule has 0 radical (unpaired) electrons. The van der Waals surface area contributed by atoms with Gasteiger partial charge in [0.15, 0.2) is 12.1 Å². The van der Waals surface area contributed by atoms with Gasteiger partial charge in [0.2, 0.25) is 0 Å². The first-order valence-electron chi connectivity index (χ1n) is 14.5. The normalized spacial score (nSPS) is 53.5. The molecule has 37 heavy (non-hydrogen) atoms. The second-order valence-corrected chi connectivity index (χ2v) is 13.8. The molecule has 5 aliphatic rings. The zero-order valence-corrected chi connectivity index (χ0v) is 23.4. The second-order valence-electron chi connectivity index (χ2n) is 13.8. The Balaban J connectivity index is 1.48. The van der Waals surface area contributed by atoms with E-state index in [4.69, 9.17) is 9.47 Å². The average Bonchev–Trinajstić information content (AvgIpc) is 3.13. The Labute approximate surface area is 221 Å². The molecule has 1 heterocycles. The maximum Gasteiger partial charge on any atom is 0.160 e. The first kappa shape index (κ1) is 27.7. The molecule has 0 aromatic carbocycles. The summed E-state index contributed by atoms with van der Waals surface area (Å²) in [6.45, 7) is 10.3. The SMILES string of the molecule is CC[C@H]1C[C@H]([C@](C)(O)[C@H]2CC[C@@]3(O)C4=CC(=O)[C@H]5C[C@@H](O)[C@@H](O)C[C@]5(C)[C@H]4CC[C@]23C)O[C@H](OC)[C@@H]1C. The Kier molecular flexibility index (Phi) is 6.82. The molecule has 3 saturated carbocycles. The van der Waals surface area contributed by atoms with E-state index in [2.05, 4.69) is 27.7 Å². The molecule has 13 atom stereocenters. The largest absolute Gasteiger partial charge is 0.390 e. The Morgan fingerprint density at radius 3 is 2.49 bits per heavy atom. The fourth-order valence-corrected chi connectivity index (χ4v) is 9.77. The molecule has 7 nitrogen and oxygen atoms in total. The van der Waals surface area contributed by atoms with Gasteiger partial charge in [0, 0.05) is 24.4 Å². The lowest BCUT2D eigenvalue weighted by molar-refractivity contribution is -0.275. The number of carbonyl (C=O) groups is 1. The van der Waals surface area contributed by atoms with Gasteiger partial charge in [0.05, 0.1) is 29.5 Å². The lowest BCUT2D eigenvalue weighted by atomic mass is 9.45. The van der Waals surface area contributed by atoms with Gasteiger partial charge < -0.3 is 29.9 Å².